The molecule has 0 aliphatic rings. The van der Waals surface area contributed by atoms with Gasteiger partial charge in [-0.2, -0.15) is 0 Å². The van der Waals surface area contributed by atoms with Crippen molar-refractivity contribution in [3.63, 3.8) is 0 Å². The summed E-state index contributed by atoms with van der Waals surface area (Å²) in [7, 11) is 0. The Morgan fingerprint density at radius 1 is 1.16 bits per heavy atom. The fourth-order valence-electron chi connectivity index (χ4n) is 2.05. The Balaban J connectivity index is 1.82. The number of furan rings is 1. The molecule has 0 radical (unpaired) electrons. The van der Waals surface area contributed by atoms with E-state index in [1.54, 1.807) is 18.4 Å². The summed E-state index contributed by atoms with van der Waals surface area (Å²) in [5.74, 6) is 1.04. The van der Waals surface area contributed by atoms with Gasteiger partial charge in [0.05, 0.1) is 6.26 Å². The lowest BCUT2D eigenvalue weighted by Crippen LogP contribution is -1.94. The molecule has 1 aromatic heterocycles. The van der Waals surface area contributed by atoms with Crippen LogP contribution in [0.15, 0.2) is 53.1 Å². The molecule has 0 bridgehead atoms. The van der Waals surface area contributed by atoms with Crippen LogP contribution in [0.25, 0.3) is 11.0 Å². The van der Waals surface area contributed by atoms with Crippen LogP contribution in [0.3, 0.4) is 0 Å². The third-order valence-electron chi connectivity index (χ3n) is 3.02. The van der Waals surface area contributed by atoms with Crippen molar-refractivity contribution in [2.45, 2.75) is 13.5 Å². The molecule has 0 saturated heterocycles. The lowest BCUT2D eigenvalue weighted by atomic mass is 10.2. The molecule has 19 heavy (non-hydrogen) atoms. The number of ether oxygens (including phenoxy) is 1. The smallest absolute Gasteiger partial charge is 0.137 e. The van der Waals surface area contributed by atoms with Crippen LogP contribution < -0.4 is 4.74 Å². The zero-order valence-corrected chi connectivity index (χ0v) is 10.6. The molecule has 0 saturated carbocycles. The predicted molar refractivity (Wildman–Crippen MR) is 73.4 cm³/mol. The Morgan fingerprint density at radius 3 is 2.89 bits per heavy atom. The first-order valence-corrected chi connectivity index (χ1v) is 6.11. The summed E-state index contributed by atoms with van der Waals surface area (Å²) in [6.45, 7) is 2.48. The van der Waals surface area contributed by atoms with E-state index in [1.165, 1.54) is 5.56 Å². The summed E-state index contributed by atoms with van der Waals surface area (Å²) < 4.78 is 11.1. The number of phenols is 1. The molecule has 0 atom stereocenters. The van der Waals surface area contributed by atoms with Gasteiger partial charge in [0.2, 0.25) is 0 Å². The number of hydrogen-bond donors (Lipinski definition) is 1. The number of aromatic hydroxyl groups is 1. The number of rotatable bonds is 3. The van der Waals surface area contributed by atoms with Gasteiger partial charge in [0, 0.05) is 17.0 Å². The molecule has 0 spiro atoms. The first kappa shape index (κ1) is 11.7. The molecule has 0 amide bonds. The fraction of sp³-hybridized carbons (Fsp3) is 0.125. The number of hydrogen-bond acceptors (Lipinski definition) is 3. The standard InChI is InChI=1S/C16H14O3/c1-11-3-2-4-14(7-11)18-9-12-10-19-16-8-13(17)5-6-15(12)16/h2-8,10,17H,9H2,1H3. The Labute approximate surface area is 111 Å². The molecular weight excluding hydrogens is 240 g/mol. The molecule has 3 rings (SSSR count). The molecule has 2 aromatic carbocycles. The van der Waals surface area contributed by atoms with Crippen molar-refractivity contribution in [3.8, 4) is 11.5 Å². The second kappa shape index (κ2) is 4.69. The van der Waals surface area contributed by atoms with Gasteiger partial charge < -0.3 is 14.3 Å². The number of fused-ring (bicyclic) bond motifs is 1. The summed E-state index contributed by atoms with van der Waals surface area (Å²) >= 11 is 0. The fourth-order valence-corrected chi connectivity index (χ4v) is 2.05. The molecule has 0 unspecified atom stereocenters. The predicted octanol–water partition coefficient (Wildman–Crippen LogP) is 4.03. The first-order chi connectivity index (χ1) is 9.22. The van der Waals surface area contributed by atoms with Crippen LogP contribution in [0.4, 0.5) is 0 Å². The zero-order chi connectivity index (χ0) is 13.2. The maximum absolute atomic E-state index is 9.39. The molecule has 0 fully saturated rings. The van der Waals surface area contributed by atoms with Gasteiger partial charge in [0.25, 0.3) is 0 Å². The third-order valence-corrected chi connectivity index (χ3v) is 3.02. The van der Waals surface area contributed by atoms with Crippen LogP contribution in [0.1, 0.15) is 11.1 Å². The van der Waals surface area contributed by atoms with Crippen molar-refractivity contribution in [3.05, 3.63) is 59.9 Å². The summed E-state index contributed by atoms with van der Waals surface area (Å²) in [5, 5.41) is 10.4. The molecule has 0 aliphatic heterocycles. The summed E-state index contributed by atoms with van der Waals surface area (Å²) in [4.78, 5) is 0. The van der Waals surface area contributed by atoms with Crippen LogP contribution in [0.5, 0.6) is 11.5 Å². The van der Waals surface area contributed by atoms with Gasteiger partial charge >= 0.3 is 0 Å². The molecule has 0 aliphatic carbocycles. The lowest BCUT2D eigenvalue weighted by molar-refractivity contribution is 0.306. The minimum absolute atomic E-state index is 0.202. The van der Waals surface area contributed by atoms with Gasteiger partial charge in [-0.05, 0) is 36.8 Å². The molecule has 3 nitrogen and oxygen atoms in total. The van der Waals surface area contributed by atoms with Gasteiger partial charge in [-0.15, -0.1) is 0 Å². The van der Waals surface area contributed by atoms with Crippen LogP contribution in [-0.2, 0) is 6.61 Å². The van der Waals surface area contributed by atoms with E-state index in [9.17, 15) is 5.11 Å². The molecular formula is C16H14O3. The normalized spacial score (nSPS) is 10.8. The number of aryl methyl sites for hydroxylation is 1. The van der Waals surface area contributed by atoms with Crippen LogP contribution >= 0.6 is 0 Å². The second-order valence-electron chi connectivity index (χ2n) is 4.55. The van der Waals surface area contributed by atoms with E-state index in [2.05, 4.69) is 0 Å². The van der Waals surface area contributed by atoms with Crippen molar-refractivity contribution >= 4 is 11.0 Å². The van der Waals surface area contributed by atoms with Gasteiger partial charge in [0.1, 0.15) is 23.7 Å². The van der Waals surface area contributed by atoms with Crippen molar-refractivity contribution < 1.29 is 14.3 Å². The van der Waals surface area contributed by atoms with E-state index in [0.717, 1.165) is 16.7 Å². The molecule has 1 N–H and O–H groups in total. The maximum Gasteiger partial charge on any atom is 0.137 e. The van der Waals surface area contributed by atoms with Crippen LogP contribution in [-0.4, -0.2) is 5.11 Å². The van der Waals surface area contributed by atoms with E-state index in [-0.39, 0.29) is 5.75 Å². The number of phenolic OH excluding ortho intramolecular Hbond substituents is 1. The summed E-state index contributed by atoms with van der Waals surface area (Å²) in [6, 6.07) is 13.0. The molecule has 3 heteroatoms. The van der Waals surface area contributed by atoms with E-state index in [4.69, 9.17) is 9.15 Å². The van der Waals surface area contributed by atoms with Crippen LogP contribution in [0, 0.1) is 6.92 Å². The summed E-state index contributed by atoms with van der Waals surface area (Å²) in [5.41, 5.74) is 2.80. The maximum atomic E-state index is 9.39. The number of benzene rings is 2. The minimum atomic E-state index is 0.202. The Bertz CT molecular complexity index is 713. The van der Waals surface area contributed by atoms with Gasteiger partial charge in [-0.3, -0.25) is 0 Å². The minimum Gasteiger partial charge on any atom is -0.508 e. The van der Waals surface area contributed by atoms with E-state index in [0.29, 0.717) is 12.2 Å². The average Bonchev–Trinajstić information content (AvgIpc) is 2.78. The highest BCUT2D eigenvalue weighted by molar-refractivity contribution is 5.82. The third kappa shape index (κ3) is 2.40. The van der Waals surface area contributed by atoms with Crippen molar-refractivity contribution in [1.82, 2.24) is 0 Å². The van der Waals surface area contributed by atoms with Gasteiger partial charge in [-0.1, -0.05) is 12.1 Å². The lowest BCUT2D eigenvalue weighted by Gasteiger charge is -2.05. The van der Waals surface area contributed by atoms with E-state index in [1.807, 2.05) is 37.3 Å². The SMILES string of the molecule is Cc1cccc(OCc2coc3cc(O)ccc23)c1. The zero-order valence-electron chi connectivity index (χ0n) is 10.6. The largest absolute Gasteiger partial charge is 0.508 e. The highest BCUT2D eigenvalue weighted by Crippen LogP contribution is 2.26. The topological polar surface area (TPSA) is 42.6 Å². The first-order valence-electron chi connectivity index (χ1n) is 6.11. The molecule has 3 aromatic rings. The van der Waals surface area contributed by atoms with Gasteiger partial charge in [-0.25, -0.2) is 0 Å². The van der Waals surface area contributed by atoms with Crippen LogP contribution in [0.2, 0.25) is 0 Å². The Morgan fingerprint density at radius 2 is 2.05 bits per heavy atom. The molecule has 96 valence electrons. The highest BCUT2D eigenvalue weighted by atomic mass is 16.5. The Kier molecular flexibility index (Phi) is 2.88. The van der Waals surface area contributed by atoms with E-state index < -0.39 is 0 Å². The highest BCUT2D eigenvalue weighted by Gasteiger charge is 2.07. The second-order valence-corrected chi connectivity index (χ2v) is 4.55. The Hall–Kier alpha value is -2.42. The average molecular weight is 254 g/mol. The summed E-state index contributed by atoms with van der Waals surface area (Å²) in [6.07, 6.45) is 1.67. The quantitative estimate of drug-likeness (QED) is 0.767. The van der Waals surface area contributed by atoms with Crippen molar-refractivity contribution in [2.24, 2.45) is 0 Å². The molecule has 1 heterocycles. The van der Waals surface area contributed by atoms with Crippen molar-refractivity contribution in [1.29, 1.82) is 0 Å². The monoisotopic (exact) mass is 254 g/mol. The van der Waals surface area contributed by atoms with Gasteiger partial charge in [0.15, 0.2) is 0 Å². The van der Waals surface area contributed by atoms with Crippen molar-refractivity contribution in [2.75, 3.05) is 0 Å². The van der Waals surface area contributed by atoms with E-state index >= 15 is 0 Å².